The molecule has 0 aromatic heterocycles. The highest BCUT2D eigenvalue weighted by Crippen LogP contribution is 2.28. The van der Waals surface area contributed by atoms with E-state index in [9.17, 15) is 13.5 Å². The van der Waals surface area contributed by atoms with Crippen molar-refractivity contribution in [3.8, 4) is 5.75 Å². The fraction of sp³-hybridized carbons (Fsp3) is 0.333. The average Bonchev–Trinajstić information content (AvgIpc) is 1.99. The monoisotopic (exact) mass is 230 g/mol. The van der Waals surface area contributed by atoms with E-state index < -0.39 is 10.0 Å². The quantitative estimate of drug-likeness (QED) is 0.807. The summed E-state index contributed by atoms with van der Waals surface area (Å²) in [6, 6.07) is 4.61. The van der Waals surface area contributed by atoms with Gasteiger partial charge >= 0.3 is 0 Å². The van der Waals surface area contributed by atoms with Gasteiger partial charge in [0.2, 0.25) is 10.0 Å². The number of sulfonamides is 1. The molecule has 15 heavy (non-hydrogen) atoms. The highest BCUT2D eigenvalue weighted by Gasteiger charge is 2.06. The molecular formula is C9H14N2O3S. The van der Waals surface area contributed by atoms with E-state index in [1.807, 2.05) is 0 Å². The number of hydrogen-bond acceptors (Lipinski definition) is 4. The van der Waals surface area contributed by atoms with Crippen molar-refractivity contribution in [1.29, 1.82) is 0 Å². The van der Waals surface area contributed by atoms with Crippen LogP contribution in [-0.4, -0.2) is 33.9 Å². The smallest absolute Gasteiger partial charge is 0.229 e. The van der Waals surface area contributed by atoms with Crippen molar-refractivity contribution in [2.24, 2.45) is 0 Å². The summed E-state index contributed by atoms with van der Waals surface area (Å²) < 4.78 is 24.1. The Labute approximate surface area is 89.4 Å². The molecule has 0 unspecified atom stereocenters. The Hall–Kier alpha value is -1.43. The number of nitrogens with one attached hydrogen (secondary N) is 1. The molecule has 0 aliphatic carbocycles. The maximum absolute atomic E-state index is 10.9. The first kappa shape index (κ1) is 11.6. The number of anilines is 2. The Bertz CT molecular complexity index is 454. The molecule has 0 fully saturated rings. The van der Waals surface area contributed by atoms with E-state index in [4.69, 9.17) is 0 Å². The lowest BCUT2D eigenvalue weighted by Crippen LogP contribution is -2.11. The third kappa shape index (κ3) is 3.32. The first-order valence-corrected chi connectivity index (χ1v) is 6.17. The van der Waals surface area contributed by atoms with E-state index in [0.29, 0.717) is 11.4 Å². The minimum absolute atomic E-state index is 0.0358. The molecule has 0 atom stereocenters. The molecule has 6 heteroatoms. The normalized spacial score (nSPS) is 11.1. The number of rotatable bonds is 3. The van der Waals surface area contributed by atoms with Crippen molar-refractivity contribution in [1.82, 2.24) is 0 Å². The summed E-state index contributed by atoms with van der Waals surface area (Å²) in [4.78, 5) is 1.74. The summed E-state index contributed by atoms with van der Waals surface area (Å²) in [5.74, 6) is 0.0358. The van der Waals surface area contributed by atoms with Crippen LogP contribution in [0.25, 0.3) is 0 Å². The second-order valence-electron chi connectivity index (χ2n) is 3.47. The third-order valence-electron chi connectivity index (χ3n) is 1.76. The summed E-state index contributed by atoms with van der Waals surface area (Å²) in [6.45, 7) is 0. The van der Waals surface area contributed by atoms with E-state index >= 15 is 0 Å². The Morgan fingerprint density at radius 2 is 1.93 bits per heavy atom. The fourth-order valence-electron chi connectivity index (χ4n) is 1.18. The molecule has 0 aliphatic heterocycles. The van der Waals surface area contributed by atoms with Gasteiger partial charge in [0.25, 0.3) is 0 Å². The van der Waals surface area contributed by atoms with Crippen molar-refractivity contribution >= 4 is 21.4 Å². The molecule has 5 nitrogen and oxygen atoms in total. The van der Waals surface area contributed by atoms with Gasteiger partial charge < -0.3 is 10.0 Å². The zero-order valence-corrected chi connectivity index (χ0v) is 9.67. The highest BCUT2D eigenvalue weighted by atomic mass is 32.2. The predicted molar refractivity (Wildman–Crippen MR) is 60.9 cm³/mol. The van der Waals surface area contributed by atoms with E-state index in [1.54, 1.807) is 31.1 Å². The van der Waals surface area contributed by atoms with Crippen LogP contribution in [0, 0.1) is 0 Å². The topological polar surface area (TPSA) is 69.6 Å². The molecule has 0 saturated heterocycles. The number of nitrogens with zero attached hydrogens (tertiary/aromatic N) is 1. The summed E-state index contributed by atoms with van der Waals surface area (Å²) in [7, 11) is 0.279. The molecule has 1 rings (SSSR count). The number of phenolic OH excluding ortho intramolecular Hbond substituents is 1. The molecule has 0 bridgehead atoms. The van der Waals surface area contributed by atoms with E-state index in [2.05, 4.69) is 4.72 Å². The second-order valence-corrected chi connectivity index (χ2v) is 5.22. The first-order valence-electron chi connectivity index (χ1n) is 4.28. The zero-order chi connectivity index (χ0) is 11.6. The summed E-state index contributed by atoms with van der Waals surface area (Å²) in [5.41, 5.74) is 0.981. The van der Waals surface area contributed by atoms with Gasteiger partial charge in [-0.3, -0.25) is 4.72 Å². The van der Waals surface area contributed by atoms with Crippen LogP contribution < -0.4 is 9.62 Å². The largest absolute Gasteiger partial charge is 0.506 e. The Balaban J connectivity index is 3.02. The second kappa shape index (κ2) is 3.98. The summed E-state index contributed by atoms with van der Waals surface area (Å²) in [5, 5.41) is 9.58. The molecule has 0 heterocycles. The van der Waals surface area contributed by atoms with Crippen LogP contribution >= 0.6 is 0 Å². The average molecular weight is 230 g/mol. The van der Waals surface area contributed by atoms with Gasteiger partial charge in [-0.1, -0.05) is 0 Å². The molecule has 1 aromatic rings. The number of phenols is 1. The van der Waals surface area contributed by atoms with Gasteiger partial charge in [0, 0.05) is 20.2 Å². The third-order valence-corrected chi connectivity index (χ3v) is 2.37. The SMILES string of the molecule is CN(C)c1ccc(NS(C)(=O)=O)cc1O. The van der Waals surface area contributed by atoms with Gasteiger partial charge in [-0.15, -0.1) is 0 Å². The van der Waals surface area contributed by atoms with Crippen molar-refractivity contribution in [3.05, 3.63) is 18.2 Å². The number of benzene rings is 1. The molecule has 84 valence electrons. The molecule has 2 N–H and O–H groups in total. The van der Waals surface area contributed by atoms with Crippen molar-refractivity contribution < 1.29 is 13.5 Å². The molecule has 0 amide bonds. The Morgan fingerprint density at radius 3 is 2.33 bits per heavy atom. The summed E-state index contributed by atoms with van der Waals surface area (Å²) >= 11 is 0. The van der Waals surface area contributed by atoms with Crippen LogP contribution in [-0.2, 0) is 10.0 Å². The maximum Gasteiger partial charge on any atom is 0.229 e. The van der Waals surface area contributed by atoms with Gasteiger partial charge in [-0.25, -0.2) is 8.42 Å². The van der Waals surface area contributed by atoms with Crippen molar-refractivity contribution in [2.45, 2.75) is 0 Å². The fourth-order valence-corrected chi connectivity index (χ4v) is 1.73. The van der Waals surface area contributed by atoms with Crippen molar-refractivity contribution in [2.75, 3.05) is 30.0 Å². The molecule has 0 aliphatic rings. The highest BCUT2D eigenvalue weighted by molar-refractivity contribution is 7.92. The lowest BCUT2D eigenvalue weighted by molar-refractivity contribution is 0.476. The number of hydrogen-bond donors (Lipinski definition) is 2. The lowest BCUT2D eigenvalue weighted by atomic mass is 10.2. The molecular weight excluding hydrogens is 216 g/mol. The molecule has 0 saturated carbocycles. The van der Waals surface area contributed by atoms with Crippen LogP contribution in [0.5, 0.6) is 5.75 Å². The predicted octanol–water partition coefficient (Wildman–Crippen LogP) is 0.830. The van der Waals surface area contributed by atoms with Gasteiger partial charge in [0.15, 0.2) is 0 Å². The standard InChI is InChI=1S/C9H14N2O3S/c1-11(2)8-5-4-7(6-9(8)12)10-15(3,13)14/h4-6,10,12H,1-3H3. The van der Waals surface area contributed by atoms with Crippen molar-refractivity contribution in [3.63, 3.8) is 0 Å². The van der Waals surface area contributed by atoms with E-state index in [0.717, 1.165) is 6.26 Å². The van der Waals surface area contributed by atoms with Crippen LogP contribution in [0.4, 0.5) is 11.4 Å². The van der Waals surface area contributed by atoms with Gasteiger partial charge in [0.05, 0.1) is 17.6 Å². The van der Waals surface area contributed by atoms with Crippen LogP contribution in [0.3, 0.4) is 0 Å². The number of aromatic hydroxyl groups is 1. The van der Waals surface area contributed by atoms with Gasteiger partial charge in [0.1, 0.15) is 5.75 Å². The van der Waals surface area contributed by atoms with E-state index in [-0.39, 0.29) is 5.75 Å². The minimum Gasteiger partial charge on any atom is -0.506 e. The minimum atomic E-state index is -3.30. The molecule has 1 aromatic carbocycles. The lowest BCUT2D eigenvalue weighted by Gasteiger charge is -2.15. The Morgan fingerprint density at radius 1 is 1.33 bits per heavy atom. The molecule has 0 radical (unpaired) electrons. The maximum atomic E-state index is 10.9. The van der Waals surface area contributed by atoms with Gasteiger partial charge in [-0.2, -0.15) is 0 Å². The zero-order valence-electron chi connectivity index (χ0n) is 8.85. The van der Waals surface area contributed by atoms with Crippen LogP contribution in [0.15, 0.2) is 18.2 Å². The summed E-state index contributed by atoms with van der Waals surface area (Å²) in [6.07, 6.45) is 1.06. The van der Waals surface area contributed by atoms with E-state index in [1.165, 1.54) is 6.07 Å². The van der Waals surface area contributed by atoms with Crippen LogP contribution in [0.2, 0.25) is 0 Å². The Kier molecular flexibility index (Phi) is 3.09. The van der Waals surface area contributed by atoms with Gasteiger partial charge in [-0.05, 0) is 12.1 Å². The van der Waals surface area contributed by atoms with Crippen LogP contribution in [0.1, 0.15) is 0 Å². The molecule has 0 spiro atoms. The first-order chi connectivity index (χ1) is 6.79.